The van der Waals surface area contributed by atoms with Crippen LogP contribution in [0.3, 0.4) is 0 Å². The number of carbonyl (C=O) groups excluding carboxylic acids is 2. The molecule has 0 spiro atoms. The molecule has 0 aliphatic heterocycles. The normalized spacial score (nSPS) is 11.1. The monoisotopic (exact) mass is 313 g/mol. The predicted octanol–water partition coefficient (Wildman–Crippen LogP) is 0.0577. The number of carbonyl (C=O) groups is 2. The molecule has 0 fully saturated rings. The van der Waals surface area contributed by atoms with Crippen molar-refractivity contribution in [2.24, 2.45) is 5.73 Å². The molecule has 1 aromatic rings. The van der Waals surface area contributed by atoms with Crippen LogP contribution in [0.4, 0.5) is 5.69 Å². The number of nitrogens with two attached hydrogens (primary N) is 2. The van der Waals surface area contributed by atoms with Crippen LogP contribution in [0.1, 0.15) is 29.6 Å². The van der Waals surface area contributed by atoms with Gasteiger partial charge in [0.25, 0.3) is 5.91 Å². The summed E-state index contributed by atoms with van der Waals surface area (Å²) in [7, 11) is -3.43. The lowest BCUT2D eigenvalue weighted by molar-refractivity contribution is -0.118. The number of primary amides is 1. The third-order valence-corrected chi connectivity index (χ3v) is 3.85. The highest BCUT2D eigenvalue weighted by Crippen LogP contribution is 2.16. The Kier molecular flexibility index (Phi) is 5.71. The van der Waals surface area contributed by atoms with Crippen LogP contribution in [-0.2, 0) is 14.6 Å². The van der Waals surface area contributed by atoms with Crippen molar-refractivity contribution in [1.82, 2.24) is 5.32 Å². The van der Waals surface area contributed by atoms with Crippen molar-refractivity contribution in [2.75, 3.05) is 18.5 Å². The molecule has 7 nitrogen and oxygen atoms in total. The van der Waals surface area contributed by atoms with Crippen LogP contribution in [0.2, 0.25) is 0 Å². The zero-order valence-electron chi connectivity index (χ0n) is 11.8. The number of rotatable bonds is 7. The van der Waals surface area contributed by atoms with E-state index in [1.807, 2.05) is 0 Å². The Hall–Kier alpha value is -2.09. The number of nitrogens with one attached hydrogen (secondary N) is 1. The SMILES string of the molecule is CS(=O)(=O)c1cc(N)cc(C(=O)NCCCCC(N)=O)c1. The van der Waals surface area contributed by atoms with Gasteiger partial charge < -0.3 is 16.8 Å². The van der Waals surface area contributed by atoms with Crippen molar-refractivity contribution in [3.8, 4) is 0 Å². The second-order valence-electron chi connectivity index (χ2n) is 4.74. The van der Waals surface area contributed by atoms with Crippen LogP contribution in [0, 0.1) is 0 Å². The van der Waals surface area contributed by atoms with Crippen LogP contribution < -0.4 is 16.8 Å². The van der Waals surface area contributed by atoms with Gasteiger partial charge in [-0.15, -0.1) is 0 Å². The zero-order valence-corrected chi connectivity index (χ0v) is 12.6. The number of unbranched alkanes of at least 4 members (excludes halogenated alkanes) is 1. The van der Waals surface area contributed by atoms with E-state index in [9.17, 15) is 18.0 Å². The lowest BCUT2D eigenvalue weighted by atomic mass is 10.2. The summed E-state index contributed by atoms with van der Waals surface area (Å²) in [6, 6.07) is 4.00. The number of amides is 2. The molecule has 8 heteroatoms. The molecule has 1 aromatic carbocycles. The van der Waals surface area contributed by atoms with Gasteiger partial charge in [-0.2, -0.15) is 0 Å². The predicted molar refractivity (Wildman–Crippen MR) is 79.3 cm³/mol. The van der Waals surface area contributed by atoms with Crippen molar-refractivity contribution in [2.45, 2.75) is 24.2 Å². The van der Waals surface area contributed by atoms with Gasteiger partial charge in [0, 0.05) is 30.5 Å². The first-order valence-corrected chi connectivity index (χ1v) is 8.26. The molecule has 21 heavy (non-hydrogen) atoms. The van der Waals surface area contributed by atoms with Gasteiger partial charge in [-0.25, -0.2) is 8.42 Å². The molecule has 0 unspecified atom stereocenters. The van der Waals surface area contributed by atoms with Gasteiger partial charge in [0.2, 0.25) is 5.91 Å². The molecule has 5 N–H and O–H groups in total. The number of hydrogen-bond donors (Lipinski definition) is 3. The molecule has 0 aliphatic carbocycles. The number of sulfone groups is 1. The van der Waals surface area contributed by atoms with E-state index >= 15 is 0 Å². The van der Waals surface area contributed by atoms with E-state index in [-0.39, 0.29) is 28.5 Å². The average molecular weight is 313 g/mol. The summed E-state index contributed by atoms with van der Waals surface area (Å²) < 4.78 is 23.0. The van der Waals surface area contributed by atoms with E-state index in [0.29, 0.717) is 19.4 Å². The largest absolute Gasteiger partial charge is 0.399 e. The van der Waals surface area contributed by atoms with E-state index in [1.54, 1.807) is 0 Å². The van der Waals surface area contributed by atoms with E-state index in [1.165, 1.54) is 18.2 Å². The summed E-state index contributed by atoms with van der Waals surface area (Å²) in [6.45, 7) is 0.370. The van der Waals surface area contributed by atoms with Gasteiger partial charge in [-0.1, -0.05) is 0 Å². The number of nitrogen functional groups attached to an aromatic ring is 1. The molecule has 0 radical (unpaired) electrons. The molecule has 1 rings (SSSR count). The van der Waals surface area contributed by atoms with Gasteiger partial charge >= 0.3 is 0 Å². The van der Waals surface area contributed by atoms with Gasteiger partial charge in [-0.05, 0) is 31.0 Å². The van der Waals surface area contributed by atoms with Crippen LogP contribution in [0.25, 0.3) is 0 Å². The summed E-state index contributed by atoms with van der Waals surface area (Å²) in [5.41, 5.74) is 11.0. The highest BCUT2D eigenvalue weighted by Gasteiger charge is 2.13. The lowest BCUT2D eigenvalue weighted by Crippen LogP contribution is -2.25. The third kappa shape index (κ3) is 5.82. The zero-order chi connectivity index (χ0) is 16.0. The Balaban J connectivity index is 2.66. The number of benzene rings is 1. The standard InChI is InChI=1S/C13H19N3O4S/c1-21(19,20)11-7-9(6-10(14)8-11)13(18)16-5-3-2-4-12(15)17/h6-8H,2-5,14H2,1H3,(H2,15,17)(H,16,18). The molecule has 0 saturated heterocycles. The first kappa shape index (κ1) is 17.0. The van der Waals surface area contributed by atoms with Gasteiger partial charge in [0.15, 0.2) is 9.84 Å². The highest BCUT2D eigenvalue weighted by molar-refractivity contribution is 7.90. The fourth-order valence-electron chi connectivity index (χ4n) is 1.70. The summed E-state index contributed by atoms with van der Waals surface area (Å²) in [5.74, 6) is -0.791. The van der Waals surface area contributed by atoms with E-state index in [2.05, 4.69) is 5.32 Å². The first-order valence-electron chi connectivity index (χ1n) is 6.37. The Morgan fingerprint density at radius 1 is 1.19 bits per heavy atom. The van der Waals surface area contributed by atoms with Crippen molar-refractivity contribution in [1.29, 1.82) is 0 Å². The second kappa shape index (κ2) is 7.07. The maximum Gasteiger partial charge on any atom is 0.251 e. The van der Waals surface area contributed by atoms with Crippen molar-refractivity contribution in [3.63, 3.8) is 0 Å². The summed E-state index contributed by atoms with van der Waals surface area (Å²) in [4.78, 5) is 22.5. The molecule has 0 saturated carbocycles. The second-order valence-corrected chi connectivity index (χ2v) is 6.76. The summed E-state index contributed by atoms with van der Waals surface area (Å²) in [6.07, 6.45) is 2.51. The highest BCUT2D eigenvalue weighted by atomic mass is 32.2. The number of hydrogen-bond acceptors (Lipinski definition) is 5. The molecule has 116 valence electrons. The van der Waals surface area contributed by atoms with Gasteiger partial charge in [0.05, 0.1) is 4.90 Å². The minimum Gasteiger partial charge on any atom is -0.399 e. The molecular formula is C13H19N3O4S. The molecule has 0 atom stereocenters. The molecular weight excluding hydrogens is 294 g/mol. The van der Waals surface area contributed by atoms with Crippen LogP contribution in [-0.4, -0.2) is 33.0 Å². The Bertz CT molecular complexity index is 641. The maximum atomic E-state index is 11.9. The van der Waals surface area contributed by atoms with Crippen LogP contribution in [0.15, 0.2) is 23.1 Å². The fraction of sp³-hybridized carbons (Fsp3) is 0.385. The molecule has 0 aliphatic rings. The van der Waals surface area contributed by atoms with Gasteiger partial charge in [0.1, 0.15) is 0 Å². The van der Waals surface area contributed by atoms with Crippen molar-refractivity contribution in [3.05, 3.63) is 23.8 Å². The van der Waals surface area contributed by atoms with Crippen molar-refractivity contribution < 1.29 is 18.0 Å². The smallest absolute Gasteiger partial charge is 0.251 e. The minimum absolute atomic E-state index is 0.00128. The Morgan fingerprint density at radius 3 is 2.43 bits per heavy atom. The minimum atomic E-state index is -3.43. The molecule has 0 aromatic heterocycles. The van der Waals surface area contributed by atoms with Gasteiger partial charge in [-0.3, -0.25) is 9.59 Å². The van der Waals surface area contributed by atoms with Crippen LogP contribution in [0.5, 0.6) is 0 Å². The van der Waals surface area contributed by atoms with Crippen molar-refractivity contribution >= 4 is 27.3 Å². The molecule has 0 heterocycles. The first-order chi connectivity index (χ1) is 9.70. The average Bonchev–Trinajstić information content (AvgIpc) is 2.36. The fourth-order valence-corrected chi connectivity index (χ4v) is 2.39. The molecule has 2 amide bonds. The van der Waals surface area contributed by atoms with E-state index < -0.39 is 15.7 Å². The Labute approximate surface area is 123 Å². The maximum absolute atomic E-state index is 11.9. The number of anilines is 1. The third-order valence-electron chi connectivity index (χ3n) is 2.75. The lowest BCUT2D eigenvalue weighted by Gasteiger charge is -2.07. The van der Waals surface area contributed by atoms with E-state index in [4.69, 9.17) is 11.5 Å². The Morgan fingerprint density at radius 2 is 1.86 bits per heavy atom. The van der Waals surface area contributed by atoms with Crippen LogP contribution >= 0.6 is 0 Å². The molecule has 0 bridgehead atoms. The summed E-state index contributed by atoms with van der Waals surface area (Å²) in [5, 5.41) is 2.64. The summed E-state index contributed by atoms with van der Waals surface area (Å²) >= 11 is 0. The van der Waals surface area contributed by atoms with E-state index in [0.717, 1.165) is 6.26 Å². The quantitative estimate of drug-likeness (QED) is 0.483. The topological polar surface area (TPSA) is 132 Å².